The predicted octanol–water partition coefficient (Wildman–Crippen LogP) is 5.59. The molecule has 0 aliphatic carbocycles. The van der Waals surface area contributed by atoms with Crippen LogP contribution in [0.2, 0.25) is 5.02 Å². The first-order valence-corrected chi connectivity index (χ1v) is 10.3. The zero-order valence-corrected chi connectivity index (χ0v) is 17.5. The van der Waals surface area contributed by atoms with Crippen LogP contribution in [0.4, 0.5) is 11.6 Å². The molecular formula is C25H17ClN4O2. The Labute approximate surface area is 189 Å². The van der Waals surface area contributed by atoms with Crippen molar-refractivity contribution in [3.05, 3.63) is 106 Å². The standard InChI is InChI=1S/C25H17ClN4O2/c26-18-8-11-20-21(12-18)22(15-4-2-1-3-5-15)27-13-17-14-28-25(30-23(17)20)29-19-9-6-16(7-10-19)24(31)32/h1-12,14H,13H2,(H,31,32)(H,28,29,30). The highest BCUT2D eigenvalue weighted by Gasteiger charge is 2.21. The SMILES string of the molecule is O=C(O)c1ccc(Nc2ncc3c(n2)-c2ccc(Cl)cc2C(c2ccccc2)=NC3)cc1. The van der Waals surface area contributed by atoms with Crippen LogP contribution in [0, 0.1) is 0 Å². The Morgan fingerprint density at radius 3 is 2.50 bits per heavy atom. The number of fused-ring (bicyclic) bond motifs is 3. The molecule has 0 atom stereocenters. The van der Waals surface area contributed by atoms with Crippen LogP contribution >= 0.6 is 11.6 Å². The van der Waals surface area contributed by atoms with E-state index in [4.69, 9.17) is 26.7 Å². The number of benzene rings is 3. The minimum Gasteiger partial charge on any atom is -0.478 e. The Hall–Kier alpha value is -4.03. The summed E-state index contributed by atoms with van der Waals surface area (Å²) in [5.74, 6) is -0.557. The Balaban J connectivity index is 1.56. The number of nitrogens with zero attached hydrogens (tertiary/aromatic N) is 3. The molecule has 4 aromatic rings. The van der Waals surface area contributed by atoms with Crippen molar-refractivity contribution in [3.8, 4) is 11.3 Å². The number of carbonyl (C=O) groups is 1. The molecule has 1 aliphatic rings. The second kappa shape index (κ2) is 8.24. The molecule has 0 radical (unpaired) electrons. The van der Waals surface area contributed by atoms with Gasteiger partial charge in [-0.2, -0.15) is 0 Å². The summed E-state index contributed by atoms with van der Waals surface area (Å²) in [6.07, 6.45) is 1.77. The van der Waals surface area contributed by atoms with E-state index in [9.17, 15) is 4.79 Å². The van der Waals surface area contributed by atoms with Crippen LogP contribution < -0.4 is 5.32 Å². The van der Waals surface area contributed by atoms with Gasteiger partial charge in [0, 0.05) is 39.2 Å². The van der Waals surface area contributed by atoms with Gasteiger partial charge in [0.05, 0.1) is 23.5 Å². The molecule has 32 heavy (non-hydrogen) atoms. The van der Waals surface area contributed by atoms with Gasteiger partial charge >= 0.3 is 5.97 Å². The maximum atomic E-state index is 11.1. The second-order valence-electron chi connectivity index (χ2n) is 7.30. The number of hydrogen-bond donors (Lipinski definition) is 2. The van der Waals surface area contributed by atoms with E-state index in [1.165, 1.54) is 12.1 Å². The van der Waals surface area contributed by atoms with Crippen LogP contribution in [-0.4, -0.2) is 26.8 Å². The largest absolute Gasteiger partial charge is 0.478 e. The van der Waals surface area contributed by atoms with Crippen LogP contribution in [-0.2, 0) is 6.54 Å². The molecule has 1 aromatic heterocycles. The van der Waals surface area contributed by atoms with Gasteiger partial charge in [-0.15, -0.1) is 0 Å². The quantitative estimate of drug-likeness (QED) is 0.432. The van der Waals surface area contributed by atoms with Crippen LogP contribution in [0.3, 0.4) is 0 Å². The highest BCUT2D eigenvalue weighted by Crippen LogP contribution is 2.33. The van der Waals surface area contributed by atoms with Gasteiger partial charge in [0.15, 0.2) is 0 Å². The number of halogens is 1. The molecule has 7 heteroatoms. The summed E-state index contributed by atoms with van der Waals surface area (Å²) in [7, 11) is 0. The van der Waals surface area contributed by atoms with Gasteiger partial charge in [0.25, 0.3) is 0 Å². The monoisotopic (exact) mass is 440 g/mol. The maximum absolute atomic E-state index is 11.1. The summed E-state index contributed by atoms with van der Waals surface area (Å²) in [6, 6.07) is 22.1. The molecule has 3 aromatic carbocycles. The van der Waals surface area contributed by atoms with Crippen molar-refractivity contribution in [2.24, 2.45) is 4.99 Å². The summed E-state index contributed by atoms with van der Waals surface area (Å²) < 4.78 is 0. The Kier molecular flexibility index (Phi) is 5.13. The first kappa shape index (κ1) is 19.9. The van der Waals surface area contributed by atoms with E-state index in [-0.39, 0.29) is 5.56 Å². The Morgan fingerprint density at radius 1 is 0.969 bits per heavy atom. The molecule has 0 spiro atoms. The van der Waals surface area contributed by atoms with Gasteiger partial charge < -0.3 is 10.4 Å². The number of aromatic carboxylic acids is 1. The van der Waals surface area contributed by atoms with Crippen LogP contribution in [0.1, 0.15) is 27.0 Å². The highest BCUT2D eigenvalue weighted by atomic mass is 35.5. The number of rotatable bonds is 4. The first-order valence-electron chi connectivity index (χ1n) is 9.95. The van der Waals surface area contributed by atoms with E-state index in [1.807, 2.05) is 48.5 Å². The molecule has 0 amide bonds. The lowest BCUT2D eigenvalue weighted by atomic mass is 9.95. The molecule has 0 saturated carbocycles. The predicted molar refractivity (Wildman–Crippen MR) is 125 cm³/mol. The fourth-order valence-corrected chi connectivity index (χ4v) is 3.82. The average Bonchev–Trinajstić information content (AvgIpc) is 2.96. The summed E-state index contributed by atoms with van der Waals surface area (Å²) in [6.45, 7) is 0.444. The molecule has 2 N–H and O–H groups in total. The van der Waals surface area contributed by atoms with Crippen LogP contribution in [0.15, 0.2) is 84.0 Å². The summed E-state index contributed by atoms with van der Waals surface area (Å²) in [4.78, 5) is 25.1. The number of hydrogen-bond acceptors (Lipinski definition) is 5. The number of nitrogens with one attached hydrogen (secondary N) is 1. The van der Waals surface area contributed by atoms with Gasteiger partial charge in [0.2, 0.25) is 5.95 Å². The van der Waals surface area contributed by atoms with Gasteiger partial charge in [-0.25, -0.2) is 14.8 Å². The first-order chi connectivity index (χ1) is 15.6. The minimum atomic E-state index is -0.970. The fraction of sp³-hybridized carbons (Fsp3) is 0.0400. The zero-order valence-electron chi connectivity index (χ0n) is 16.8. The third-order valence-corrected chi connectivity index (χ3v) is 5.43. The molecule has 0 fully saturated rings. The van der Waals surface area contributed by atoms with Gasteiger partial charge in [-0.1, -0.05) is 48.0 Å². The van der Waals surface area contributed by atoms with Crippen molar-refractivity contribution in [2.45, 2.75) is 6.54 Å². The molecular weight excluding hydrogens is 424 g/mol. The van der Waals surface area contributed by atoms with Crippen LogP contribution in [0.25, 0.3) is 11.3 Å². The topological polar surface area (TPSA) is 87.5 Å². The summed E-state index contributed by atoms with van der Waals surface area (Å²) in [5.41, 5.74) is 6.32. The molecule has 1 aliphatic heterocycles. The summed E-state index contributed by atoms with van der Waals surface area (Å²) in [5, 5.41) is 12.8. The smallest absolute Gasteiger partial charge is 0.335 e. The number of aliphatic imine (C=N–C) groups is 1. The molecule has 156 valence electrons. The average molecular weight is 441 g/mol. The van der Waals surface area contributed by atoms with Gasteiger partial charge in [-0.05, 0) is 36.4 Å². The number of carboxylic acids is 1. The highest BCUT2D eigenvalue weighted by molar-refractivity contribution is 6.31. The van der Waals surface area contributed by atoms with E-state index in [1.54, 1.807) is 18.3 Å². The van der Waals surface area contributed by atoms with Crippen molar-refractivity contribution >= 4 is 34.9 Å². The van der Waals surface area contributed by atoms with Gasteiger partial charge in [-0.3, -0.25) is 4.99 Å². The van der Waals surface area contributed by atoms with E-state index >= 15 is 0 Å². The van der Waals surface area contributed by atoms with Crippen molar-refractivity contribution in [1.82, 2.24) is 9.97 Å². The lowest BCUT2D eigenvalue weighted by molar-refractivity contribution is 0.0697. The van der Waals surface area contributed by atoms with Crippen molar-refractivity contribution < 1.29 is 9.90 Å². The lowest BCUT2D eigenvalue weighted by Crippen LogP contribution is -2.05. The molecule has 0 unspecified atom stereocenters. The van der Waals surface area contributed by atoms with Crippen molar-refractivity contribution in [2.75, 3.05) is 5.32 Å². The van der Waals surface area contributed by atoms with E-state index in [2.05, 4.69) is 10.3 Å². The van der Waals surface area contributed by atoms with E-state index in [0.717, 1.165) is 33.7 Å². The van der Waals surface area contributed by atoms with Crippen molar-refractivity contribution in [3.63, 3.8) is 0 Å². The number of anilines is 2. The van der Waals surface area contributed by atoms with Crippen LogP contribution in [0.5, 0.6) is 0 Å². The van der Waals surface area contributed by atoms with Crippen molar-refractivity contribution in [1.29, 1.82) is 0 Å². The molecule has 0 saturated heterocycles. The van der Waals surface area contributed by atoms with E-state index < -0.39 is 5.97 Å². The van der Waals surface area contributed by atoms with E-state index in [0.29, 0.717) is 23.2 Å². The molecule has 0 bridgehead atoms. The summed E-state index contributed by atoms with van der Waals surface area (Å²) >= 11 is 6.34. The normalized spacial score (nSPS) is 12.2. The molecule has 5 rings (SSSR count). The Bertz CT molecular complexity index is 1350. The maximum Gasteiger partial charge on any atom is 0.335 e. The third-order valence-electron chi connectivity index (χ3n) is 5.20. The third kappa shape index (κ3) is 3.84. The lowest BCUT2D eigenvalue weighted by Gasteiger charge is -2.12. The zero-order chi connectivity index (χ0) is 22.1. The minimum absolute atomic E-state index is 0.217. The Morgan fingerprint density at radius 2 is 1.75 bits per heavy atom. The second-order valence-corrected chi connectivity index (χ2v) is 7.73. The van der Waals surface area contributed by atoms with Gasteiger partial charge in [0.1, 0.15) is 0 Å². The molecule has 6 nitrogen and oxygen atoms in total. The number of carboxylic acid groups (broad SMARTS) is 1. The fourth-order valence-electron chi connectivity index (χ4n) is 3.65. The molecule has 2 heterocycles. The number of aromatic nitrogens is 2.